The van der Waals surface area contributed by atoms with Gasteiger partial charge in [0.05, 0.1) is 22.6 Å². The number of hydrogen-bond donors (Lipinski definition) is 0. The lowest BCUT2D eigenvalue weighted by atomic mass is 10.1. The van der Waals surface area contributed by atoms with Gasteiger partial charge in [0, 0.05) is 10.9 Å². The first-order valence-electron chi connectivity index (χ1n) is 6.80. The van der Waals surface area contributed by atoms with Gasteiger partial charge < -0.3 is 4.57 Å². The molecule has 104 valence electrons. The van der Waals surface area contributed by atoms with Crippen molar-refractivity contribution in [3.63, 3.8) is 0 Å². The third-order valence-corrected chi connectivity index (χ3v) is 3.64. The normalized spacial score (nSPS) is 14.1. The van der Waals surface area contributed by atoms with Crippen LogP contribution in [-0.4, -0.2) is 14.5 Å². The number of para-hydroxylation sites is 1. The zero-order valence-electron chi connectivity index (χ0n) is 12.2. The van der Waals surface area contributed by atoms with Crippen molar-refractivity contribution in [3.8, 4) is 0 Å². The van der Waals surface area contributed by atoms with Crippen molar-refractivity contribution in [2.75, 3.05) is 0 Å². The minimum Gasteiger partial charge on any atom is -0.321 e. The largest absolute Gasteiger partial charge is 0.321 e. The van der Waals surface area contributed by atoms with Gasteiger partial charge >= 0.3 is 0 Å². The number of pyridine rings is 1. The van der Waals surface area contributed by atoms with Crippen molar-refractivity contribution >= 4 is 33.5 Å². The summed E-state index contributed by atoms with van der Waals surface area (Å²) >= 11 is 6.33. The molecule has 1 unspecified atom stereocenters. The number of rotatable bonds is 1. The third kappa shape index (κ3) is 1.97. The summed E-state index contributed by atoms with van der Waals surface area (Å²) in [5.74, 6) is 0.896. The van der Waals surface area contributed by atoms with Gasteiger partial charge in [-0.05, 0) is 33.8 Å². The number of alkyl halides is 1. The van der Waals surface area contributed by atoms with Crippen LogP contribution < -0.4 is 0 Å². The number of nitrogens with zero attached hydrogens (tertiary/aromatic N) is 3. The van der Waals surface area contributed by atoms with Crippen LogP contribution in [-0.2, 0) is 5.54 Å². The molecule has 0 fully saturated rings. The van der Waals surface area contributed by atoms with Gasteiger partial charge in [0.15, 0.2) is 0 Å². The van der Waals surface area contributed by atoms with Gasteiger partial charge in [-0.15, -0.1) is 11.6 Å². The van der Waals surface area contributed by atoms with Crippen molar-refractivity contribution in [1.82, 2.24) is 14.5 Å². The van der Waals surface area contributed by atoms with Crippen molar-refractivity contribution in [3.05, 3.63) is 36.3 Å². The minimum atomic E-state index is -0.139. The standard InChI is InChI=1S/C16H18ClN3/c1-10(17)15-19-13-9-18-12-8-6-5-7-11(12)14(13)20(15)16(2,3)4/h5-10H,1-4H3. The zero-order chi connectivity index (χ0) is 14.5. The van der Waals surface area contributed by atoms with Crippen molar-refractivity contribution < 1.29 is 0 Å². The highest BCUT2D eigenvalue weighted by Gasteiger charge is 2.25. The Hall–Kier alpha value is -1.61. The Balaban J connectivity index is 2.53. The summed E-state index contributed by atoms with van der Waals surface area (Å²) in [5.41, 5.74) is 2.92. The predicted octanol–water partition coefficient (Wildman–Crippen LogP) is 4.64. The lowest BCUT2D eigenvalue weighted by Gasteiger charge is -2.25. The molecule has 0 aliphatic carbocycles. The quantitative estimate of drug-likeness (QED) is 0.611. The highest BCUT2D eigenvalue weighted by atomic mass is 35.5. The minimum absolute atomic E-state index is 0.0860. The maximum absolute atomic E-state index is 6.33. The molecular weight excluding hydrogens is 270 g/mol. The second-order valence-corrected chi connectivity index (χ2v) is 6.76. The molecule has 0 saturated heterocycles. The van der Waals surface area contributed by atoms with Crippen LogP contribution in [0.1, 0.15) is 38.9 Å². The fourth-order valence-electron chi connectivity index (χ4n) is 2.67. The zero-order valence-corrected chi connectivity index (χ0v) is 12.9. The van der Waals surface area contributed by atoms with E-state index in [9.17, 15) is 0 Å². The lowest BCUT2D eigenvalue weighted by molar-refractivity contribution is 0.394. The van der Waals surface area contributed by atoms with Gasteiger partial charge in [-0.1, -0.05) is 18.2 Å². The molecule has 1 aromatic carbocycles. The molecule has 0 amide bonds. The third-order valence-electron chi connectivity index (χ3n) is 3.44. The van der Waals surface area contributed by atoms with E-state index in [0.29, 0.717) is 0 Å². The van der Waals surface area contributed by atoms with E-state index >= 15 is 0 Å². The van der Waals surface area contributed by atoms with E-state index in [0.717, 1.165) is 27.8 Å². The number of benzene rings is 1. The van der Waals surface area contributed by atoms with E-state index in [1.807, 2.05) is 31.3 Å². The van der Waals surface area contributed by atoms with E-state index < -0.39 is 0 Å². The molecule has 3 rings (SSSR count). The molecular formula is C16H18ClN3. The van der Waals surface area contributed by atoms with E-state index in [4.69, 9.17) is 16.6 Å². The molecule has 0 bridgehead atoms. The summed E-state index contributed by atoms with van der Waals surface area (Å²) in [7, 11) is 0. The fraction of sp³-hybridized carbons (Fsp3) is 0.375. The average Bonchev–Trinajstić information content (AvgIpc) is 2.78. The Morgan fingerprint density at radius 3 is 2.50 bits per heavy atom. The molecule has 0 aliphatic rings. The van der Waals surface area contributed by atoms with Crippen LogP contribution in [0.4, 0.5) is 0 Å². The first kappa shape index (κ1) is 13.4. The molecule has 0 spiro atoms. The van der Waals surface area contributed by atoms with Crippen LogP contribution in [0, 0.1) is 0 Å². The Bertz CT molecular complexity index is 781. The van der Waals surface area contributed by atoms with E-state index in [2.05, 4.69) is 36.4 Å². The number of fused-ring (bicyclic) bond motifs is 3. The molecule has 0 saturated carbocycles. The summed E-state index contributed by atoms with van der Waals surface area (Å²) in [6, 6.07) is 8.16. The molecule has 2 heterocycles. The highest BCUT2D eigenvalue weighted by Crippen LogP contribution is 2.33. The van der Waals surface area contributed by atoms with E-state index in [1.165, 1.54) is 0 Å². The summed E-state index contributed by atoms with van der Waals surface area (Å²) in [4.78, 5) is 9.18. The smallest absolute Gasteiger partial charge is 0.128 e. The van der Waals surface area contributed by atoms with Crippen LogP contribution >= 0.6 is 11.6 Å². The number of aromatic nitrogens is 3. The van der Waals surface area contributed by atoms with Gasteiger partial charge in [-0.2, -0.15) is 0 Å². The molecule has 0 aliphatic heterocycles. The molecule has 3 aromatic rings. The lowest BCUT2D eigenvalue weighted by Crippen LogP contribution is -2.24. The van der Waals surface area contributed by atoms with Gasteiger partial charge in [0.25, 0.3) is 0 Å². The maximum Gasteiger partial charge on any atom is 0.128 e. The van der Waals surface area contributed by atoms with Crippen LogP contribution in [0.3, 0.4) is 0 Å². The summed E-state index contributed by atoms with van der Waals surface area (Å²) < 4.78 is 2.24. The topological polar surface area (TPSA) is 30.7 Å². The molecule has 3 nitrogen and oxygen atoms in total. The highest BCUT2D eigenvalue weighted by molar-refractivity contribution is 6.20. The van der Waals surface area contributed by atoms with Gasteiger partial charge in [-0.25, -0.2) is 4.98 Å². The first-order valence-corrected chi connectivity index (χ1v) is 7.24. The van der Waals surface area contributed by atoms with Crippen molar-refractivity contribution in [1.29, 1.82) is 0 Å². The van der Waals surface area contributed by atoms with Crippen LogP contribution in [0.15, 0.2) is 30.5 Å². The summed E-state index contributed by atoms with van der Waals surface area (Å²) in [6.45, 7) is 8.48. The Kier molecular flexibility index (Phi) is 2.98. The number of halogens is 1. The van der Waals surface area contributed by atoms with Crippen LogP contribution in [0.2, 0.25) is 0 Å². The van der Waals surface area contributed by atoms with Gasteiger partial charge in [0.1, 0.15) is 11.3 Å². The van der Waals surface area contributed by atoms with Crippen LogP contribution in [0.25, 0.3) is 21.9 Å². The van der Waals surface area contributed by atoms with Crippen molar-refractivity contribution in [2.24, 2.45) is 0 Å². The van der Waals surface area contributed by atoms with Crippen molar-refractivity contribution in [2.45, 2.75) is 38.6 Å². The molecule has 0 N–H and O–H groups in total. The average molecular weight is 288 g/mol. The first-order chi connectivity index (χ1) is 9.39. The molecule has 0 radical (unpaired) electrons. The maximum atomic E-state index is 6.33. The molecule has 20 heavy (non-hydrogen) atoms. The number of hydrogen-bond acceptors (Lipinski definition) is 2. The predicted molar refractivity (Wildman–Crippen MR) is 84.3 cm³/mol. The van der Waals surface area contributed by atoms with Gasteiger partial charge in [-0.3, -0.25) is 4.98 Å². The fourth-order valence-corrected chi connectivity index (χ4v) is 2.81. The van der Waals surface area contributed by atoms with E-state index in [1.54, 1.807) is 0 Å². The van der Waals surface area contributed by atoms with Gasteiger partial charge in [0.2, 0.25) is 0 Å². The second kappa shape index (κ2) is 4.45. The monoisotopic (exact) mass is 287 g/mol. The van der Waals surface area contributed by atoms with Crippen LogP contribution in [0.5, 0.6) is 0 Å². The SMILES string of the molecule is CC(Cl)c1nc2cnc3ccccc3c2n1C(C)(C)C. The summed E-state index contributed by atoms with van der Waals surface area (Å²) in [6.07, 6.45) is 1.84. The Morgan fingerprint density at radius 2 is 1.85 bits per heavy atom. The Morgan fingerprint density at radius 1 is 1.15 bits per heavy atom. The number of imidazole rings is 1. The molecule has 2 aromatic heterocycles. The van der Waals surface area contributed by atoms with E-state index in [-0.39, 0.29) is 10.9 Å². The summed E-state index contributed by atoms with van der Waals surface area (Å²) in [5, 5.41) is 0.983. The second-order valence-electron chi connectivity index (χ2n) is 6.10. The molecule has 1 atom stereocenters. The molecule has 4 heteroatoms. The Labute approximate surface area is 123 Å².